The second kappa shape index (κ2) is 8.41. The monoisotopic (exact) mass is 445 g/mol. The van der Waals surface area contributed by atoms with Crippen molar-refractivity contribution < 1.29 is 18.7 Å². The molecule has 30 heavy (non-hydrogen) atoms. The number of aromatic nitrogens is 1. The Morgan fingerprint density at radius 3 is 2.83 bits per heavy atom. The Bertz CT molecular complexity index is 1130. The number of anilines is 2. The first-order valence-corrected chi connectivity index (χ1v) is 10.4. The molecule has 2 amide bonds. The van der Waals surface area contributed by atoms with Crippen LogP contribution >= 0.6 is 22.9 Å². The average molecular weight is 446 g/mol. The average Bonchev–Trinajstić information content (AvgIpc) is 3.37. The van der Waals surface area contributed by atoms with E-state index >= 15 is 0 Å². The van der Waals surface area contributed by atoms with Crippen molar-refractivity contribution in [2.45, 2.75) is 12.8 Å². The zero-order chi connectivity index (χ0) is 21.3. The van der Waals surface area contributed by atoms with Crippen molar-refractivity contribution in [2.75, 3.05) is 23.9 Å². The molecule has 0 atom stereocenters. The van der Waals surface area contributed by atoms with Crippen molar-refractivity contribution in [3.05, 3.63) is 58.2 Å². The zero-order valence-corrected chi connectivity index (χ0v) is 17.5. The van der Waals surface area contributed by atoms with E-state index in [4.69, 9.17) is 16.3 Å². The number of halogens is 2. The molecule has 0 spiro atoms. The third-order valence-electron chi connectivity index (χ3n) is 4.74. The SMILES string of the molecule is COc1ccc(-c2csc(NC(=O)c3ccc(Cl)c(N4CCCC4=O)c3)n2)cc1F. The zero-order valence-electron chi connectivity index (χ0n) is 15.9. The molecule has 0 aliphatic carbocycles. The van der Waals surface area contributed by atoms with Crippen LogP contribution in [-0.2, 0) is 4.79 Å². The normalized spacial score (nSPS) is 13.6. The maximum atomic E-state index is 13.9. The van der Waals surface area contributed by atoms with Gasteiger partial charge in [0.15, 0.2) is 16.7 Å². The number of amides is 2. The Labute approximate surface area is 181 Å². The summed E-state index contributed by atoms with van der Waals surface area (Å²) in [4.78, 5) is 30.7. The summed E-state index contributed by atoms with van der Waals surface area (Å²) >= 11 is 7.47. The molecule has 1 aliphatic rings. The molecule has 0 saturated carbocycles. The summed E-state index contributed by atoms with van der Waals surface area (Å²) in [7, 11) is 1.40. The highest BCUT2D eigenvalue weighted by Crippen LogP contribution is 2.32. The third kappa shape index (κ3) is 4.01. The van der Waals surface area contributed by atoms with E-state index in [9.17, 15) is 14.0 Å². The molecule has 3 aromatic rings. The fourth-order valence-corrected chi connectivity index (χ4v) is 4.16. The van der Waals surface area contributed by atoms with Gasteiger partial charge < -0.3 is 9.64 Å². The highest BCUT2D eigenvalue weighted by atomic mass is 35.5. The van der Waals surface area contributed by atoms with Crippen LogP contribution < -0.4 is 15.0 Å². The van der Waals surface area contributed by atoms with Gasteiger partial charge >= 0.3 is 0 Å². The number of carbonyl (C=O) groups is 2. The molecular formula is C21H17ClFN3O3S. The lowest BCUT2D eigenvalue weighted by molar-refractivity contribution is -0.117. The summed E-state index contributed by atoms with van der Waals surface area (Å²) < 4.78 is 18.9. The quantitative estimate of drug-likeness (QED) is 0.600. The Morgan fingerprint density at radius 2 is 2.13 bits per heavy atom. The summed E-state index contributed by atoms with van der Waals surface area (Å²) in [6.45, 7) is 0.581. The molecular weight excluding hydrogens is 429 g/mol. The standard InChI is InChI=1S/C21H17ClFN3O3S/c1-29-18-7-5-12(9-15(18)23)16-11-30-21(24-16)25-20(28)13-4-6-14(22)17(10-13)26-8-2-3-19(26)27/h4-7,9-11H,2-3,8H2,1H3,(H,24,25,28). The van der Waals surface area contributed by atoms with E-state index in [0.717, 1.165) is 6.42 Å². The molecule has 4 rings (SSSR count). The number of nitrogens with zero attached hydrogens (tertiary/aromatic N) is 2. The first kappa shape index (κ1) is 20.3. The van der Waals surface area contributed by atoms with Gasteiger partial charge in [0.25, 0.3) is 5.91 Å². The molecule has 0 radical (unpaired) electrons. The van der Waals surface area contributed by atoms with Gasteiger partial charge in [0.05, 0.1) is 23.5 Å². The van der Waals surface area contributed by atoms with E-state index in [1.54, 1.807) is 34.5 Å². The molecule has 6 nitrogen and oxygen atoms in total. The molecule has 0 bridgehead atoms. The predicted molar refractivity (Wildman–Crippen MR) is 115 cm³/mol. The van der Waals surface area contributed by atoms with E-state index in [-0.39, 0.29) is 17.6 Å². The lowest BCUT2D eigenvalue weighted by atomic mass is 10.1. The van der Waals surface area contributed by atoms with E-state index in [1.807, 2.05) is 0 Å². The highest BCUT2D eigenvalue weighted by Gasteiger charge is 2.24. The van der Waals surface area contributed by atoms with Crippen molar-refractivity contribution in [2.24, 2.45) is 0 Å². The number of rotatable bonds is 5. The van der Waals surface area contributed by atoms with Crippen LogP contribution in [0.15, 0.2) is 41.8 Å². The fraction of sp³-hybridized carbons (Fsp3) is 0.190. The van der Waals surface area contributed by atoms with E-state index in [2.05, 4.69) is 10.3 Å². The molecule has 0 unspecified atom stereocenters. The topological polar surface area (TPSA) is 71.5 Å². The molecule has 1 fully saturated rings. The molecule has 154 valence electrons. The Balaban J connectivity index is 1.52. The minimum Gasteiger partial charge on any atom is -0.494 e. The molecule has 1 saturated heterocycles. The van der Waals surface area contributed by atoms with Gasteiger partial charge in [-0.25, -0.2) is 9.37 Å². The predicted octanol–water partition coefficient (Wildman–Crippen LogP) is 4.99. The Hall–Kier alpha value is -2.97. The smallest absolute Gasteiger partial charge is 0.257 e. The second-order valence-corrected chi connectivity index (χ2v) is 7.92. The van der Waals surface area contributed by atoms with E-state index < -0.39 is 5.82 Å². The van der Waals surface area contributed by atoms with Crippen LogP contribution in [-0.4, -0.2) is 30.5 Å². The minimum absolute atomic E-state index is 0.00857. The van der Waals surface area contributed by atoms with Gasteiger partial charge in [-0.3, -0.25) is 14.9 Å². The molecule has 9 heteroatoms. The number of carbonyl (C=O) groups excluding carboxylic acids is 2. The van der Waals surface area contributed by atoms with Crippen molar-refractivity contribution in [1.82, 2.24) is 4.98 Å². The first-order chi connectivity index (χ1) is 14.5. The van der Waals surface area contributed by atoms with E-state index in [1.165, 1.54) is 30.6 Å². The fourth-order valence-electron chi connectivity index (χ4n) is 3.22. The second-order valence-electron chi connectivity index (χ2n) is 6.66. The lowest BCUT2D eigenvalue weighted by Crippen LogP contribution is -2.24. The van der Waals surface area contributed by atoms with Crippen LogP contribution in [0.5, 0.6) is 5.75 Å². The summed E-state index contributed by atoms with van der Waals surface area (Å²) in [5.74, 6) is -0.719. The third-order valence-corrected chi connectivity index (χ3v) is 5.82. The number of hydrogen-bond donors (Lipinski definition) is 1. The van der Waals surface area contributed by atoms with Gasteiger partial charge in [-0.15, -0.1) is 11.3 Å². The molecule has 1 N–H and O–H groups in total. The van der Waals surface area contributed by atoms with Crippen LogP contribution in [0.1, 0.15) is 23.2 Å². The van der Waals surface area contributed by atoms with Crippen molar-refractivity contribution in [3.8, 4) is 17.0 Å². The summed E-state index contributed by atoms with van der Waals surface area (Å²) in [5.41, 5.74) is 2.00. The highest BCUT2D eigenvalue weighted by molar-refractivity contribution is 7.14. The van der Waals surface area contributed by atoms with Gasteiger partial charge in [0.2, 0.25) is 5.91 Å². The number of benzene rings is 2. The van der Waals surface area contributed by atoms with Crippen LogP contribution in [0.25, 0.3) is 11.3 Å². The summed E-state index contributed by atoms with van der Waals surface area (Å²) in [6, 6.07) is 9.35. The number of ether oxygens (including phenoxy) is 1. The maximum Gasteiger partial charge on any atom is 0.257 e. The maximum absolute atomic E-state index is 13.9. The van der Waals surface area contributed by atoms with Crippen LogP contribution in [0.3, 0.4) is 0 Å². The molecule has 1 aliphatic heterocycles. The Morgan fingerprint density at radius 1 is 1.30 bits per heavy atom. The van der Waals surface area contributed by atoms with Crippen LogP contribution in [0.4, 0.5) is 15.2 Å². The summed E-state index contributed by atoms with van der Waals surface area (Å²) in [6.07, 6.45) is 1.24. The summed E-state index contributed by atoms with van der Waals surface area (Å²) in [5, 5.41) is 5.26. The van der Waals surface area contributed by atoms with Gasteiger partial charge in [-0.1, -0.05) is 11.6 Å². The Kier molecular flexibility index (Phi) is 5.69. The van der Waals surface area contributed by atoms with Crippen LogP contribution in [0.2, 0.25) is 5.02 Å². The van der Waals surface area contributed by atoms with Gasteiger partial charge in [0.1, 0.15) is 0 Å². The van der Waals surface area contributed by atoms with Gasteiger partial charge in [-0.05, 0) is 42.8 Å². The first-order valence-electron chi connectivity index (χ1n) is 9.17. The van der Waals surface area contributed by atoms with Gasteiger partial charge in [0, 0.05) is 29.5 Å². The number of thiazole rings is 1. The van der Waals surface area contributed by atoms with Gasteiger partial charge in [-0.2, -0.15) is 0 Å². The van der Waals surface area contributed by atoms with Crippen molar-refractivity contribution in [3.63, 3.8) is 0 Å². The molecule has 2 aromatic carbocycles. The largest absolute Gasteiger partial charge is 0.494 e. The lowest BCUT2D eigenvalue weighted by Gasteiger charge is -2.18. The van der Waals surface area contributed by atoms with E-state index in [0.29, 0.717) is 45.6 Å². The number of methoxy groups -OCH3 is 1. The van der Waals surface area contributed by atoms with Crippen molar-refractivity contribution >= 4 is 45.6 Å². The van der Waals surface area contributed by atoms with Crippen molar-refractivity contribution in [1.29, 1.82) is 0 Å². The molecule has 1 aromatic heterocycles. The van der Waals surface area contributed by atoms with Crippen LogP contribution in [0, 0.1) is 5.82 Å². The number of nitrogens with one attached hydrogen (secondary N) is 1. The molecule has 2 heterocycles. The minimum atomic E-state index is -0.487. The number of hydrogen-bond acceptors (Lipinski definition) is 5.